The summed E-state index contributed by atoms with van der Waals surface area (Å²) in [5.74, 6) is 0.471. The summed E-state index contributed by atoms with van der Waals surface area (Å²) in [7, 11) is 0. The first-order valence-electron chi connectivity index (χ1n) is 7.03. The third-order valence-corrected chi connectivity index (χ3v) is 3.91. The van der Waals surface area contributed by atoms with Crippen LogP contribution in [0.25, 0.3) is 0 Å². The van der Waals surface area contributed by atoms with Gasteiger partial charge in [0.1, 0.15) is 5.75 Å². The molecule has 3 nitrogen and oxygen atoms in total. The first-order valence-corrected chi connectivity index (χ1v) is 8.21. The van der Waals surface area contributed by atoms with Gasteiger partial charge in [0, 0.05) is 11.6 Å². The van der Waals surface area contributed by atoms with Gasteiger partial charge in [0.2, 0.25) is 0 Å². The molecule has 0 heterocycles. The first kappa shape index (κ1) is 16.8. The molecule has 0 fully saturated rings. The second-order valence-electron chi connectivity index (χ2n) is 4.80. The third kappa shape index (κ3) is 5.70. The number of carbonyl (C=O) groups is 1. The number of aryl methyl sites for hydroxylation is 1. The average Bonchev–Trinajstić information content (AvgIpc) is 2.52. The van der Waals surface area contributed by atoms with E-state index in [1.54, 1.807) is 18.2 Å². The molecule has 0 aliphatic rings. The summed E-state index contributed by atoms with van der Waals surface area (Å²) in [5, 5.41) is 3.46. The molecule has 2 aromatic carbocycles. The molecule has 22 heavy (non-hydrogen) atoms. The molecular formula is C17H17BrClNO2. The largest absolute Gasteiger partial charge is 0.483 e. The smallest absolute Gasteiger partial charge is 0.257 e. The lowest BCUT2D eigenvalue weighted by molar-refractivity contribution is -0.123. The number of carbonyl (C=O) groups excluding carboxylic acids is 1. The van der Waals surface area contributed by atoms with Crippen LogP contribution in [-0.2, 0) is 11.2 Å². The summed E-state index contributed by atoms with van der Waals surface area (Å²) in [5.41, 5.74) is 1.28. The van der Waals surface area contributed by atoms with Crippen molar-refractivity contribution in [2.45, 2.75) is 12.8 Å². The molecule has 0 spiro atoms. The number of rotatable bonds is 7. The molecular weight excluding hydrogens is 366 g/mol. The van der Waals surface area contributed by atoms with Crippen molar-refractivity contribution >= 4 is 33.4 Å². The Hall–Kier alpha value is -1.52. The van der Waals surface area contributed by atoms with Gasteiger partial charge in [-0.2, -0.15) is 0 Å². The van der Waals surface area contributed by atoms with Gasteiger partial charge in [-0.1, -0.05) is 41.9 Å². The summed E-state index contributed by atoms with van der Waals surface area (Å²) in [6.45, 7) is 0.629. The minimum atomic E-state index is -0.130. The first-order chi connectivity index (χ1) is 10.6. The van der Waals surface area contributed by atoms with E-state index in [9.17, 15) is 4.79 Å². The number of nitrogens with one attached hydrogen (secondary N) is 1. The third-order valence-electron chi connectivity index (χ3n) is 3.06. The van der Waals surface area contributed by atoms with Crippen LogP contribution >= 0.6 is 27.5 Å². The molecule has 0 unspecified atom stereocenters. The van der Waals surface area contributed by atoms with Gasteiger partial charge in [-0.3, -0.25) is 4.79 Å². The maximum Gasteiger partial charge on any atom is 0.257 e. The maximum atomic E-state index is 11.7. The number of hydrogen-bond acceptors (Lipinski definition) is 2. The fourth-order valence-corrected chi connectivity index (χ4v) is 2.75. The zero-order chi connectivity index (χ0) is 15.8. The summed E-state index contributed by atoms with van der Waals surface area (Å²) >= 11 is 9.20. The van der Waals surface area contributed by atoms with Gasteiger partial charge in [-0.25, -0.2) is 0 Å². The molecule has 0 saturated carbocycles. The molecule has 1 N–H and O–H groups in total. The second-order valence-corrected chi connectivity index (χ2v) is 6.09. The Morgan fingerprint density at radius 1 is 1.18 bits per heavy atom. The summed E-state index contributed by atoms with van der Waals surface area (Å²) in [6, 6.07) is 15.4. The van der Waals surface area contributed by atoms with E-state index in [0.717, 1.165) is 17.3 Å². The molecule has 5 heteroatoms. The highest BCUT2D eigenvalue weighted by Crippen LogP contribution is 2.27. The van der Waals surface area contributed by atoms with Crippen LogP contribution in [0, 0.1) is 0 Å². The monoisotopic (exact) mass is 381 g/mol. The molecule has 0 bridgehead atoms. The van der Waals surface area contributed by atoms with E-state index < -0.39 is 0 Å². The zero-order valence-corrected chi connectivity index (χ0v) is 14.4. The maximum absolute atomic E-state index is 11.7. The lowest BCUT2D eigenvalue weighted by Crippen LogP contribution is -2.29. The molecule has 1 amide bonds. The van der Waals surface area contributed by atoms with Crippen LogP contribution < -0.4 is 10.1 Å². The van der Waals surface area contributed by atoms with E-state index in [2.05, 4.69) is 33.4 Å². The molecule has 0 aliphatic carbocycles. The number of halogens is 2. The molecule has 0 radical (unpaired) electrons. The van der Waals surface area contributed by atoms with Gasteiger partial charge in [0.25, 0.3) is 5.91 Å². The van der Waals surface area contributed by atoms with Crippen LogP contribution in [0.5, 0.6) is 5.75 Å². The number of amides is 1. The zero-order valence-electron chi connectivity index (χ0n) is 12.0. The minimum Gasteiger partial charge on any atom is -0.483 e. The van der Waals surface area contributed by atoms with Crippen LogP contribution in [0.15, 0.2) is 53.0 Å². The summed E-state index contributed by atoms with van der Waals surface area (Å²) in [6.07, 6.45) is 1.85. The van der Waals surface area contributed by atoms with Gasteiger partial charge < -0.3 is 10.1 Å². The molecule has 0 atom stereocenters. The Balaban J connectivity index is 1.65. The molecule has 0 aliphatic heterocycles. The summed E-state index contributed by atoms with van der Waals surface area (Å²) in [4.78, 5) is 11.7. The normalized spacial score (nSPS) is 10.3. The van der Waals surface area contributed by atoms with Gasteiger partial charge >= 0.3 is 0 Å². The van der Waals surface area contributed by atoms with Crippen LogP contribution in [0.4, 0.5) is 0 Å². The fourth-order valence-electron chi connectivity index (χ4n) is 1.95. The Labute approximate surface area is 143 Å². The highest BCUT2D eigenvalue weighted by molar-refractivity contribution is 9.10. The highest BCUT2D eigenvalue weighted by atomic mass is 79.9. The van der Waals surface area contributed by atoms with Crippen LogP contribution in [0.1, 0.15) is 12.0 Å². The highest BCUT2D eigenvalue weighted by Gasteiger charge is 2.05. The van der Waals surface area contributed by atoms with Gasteiger partial charge in [0.05, 0.1) is 4.47 Å². The Kier molecular flexibility index (Phi) is 6.74. The second kappa shape index (κ2) is 8.81. The SMILES string of the molecule is O=C(COc1ccc(Cl)cc1Br)NCCCc1ccccc1. The lowest BCUT2D eigenvalue weighted by Gasteiger charge is -2.09. The van der Waals surface area contributed by atoms with Crippen molar-refractivity contribution in [1.82, 2.24) is 5.32 Å². The molecule has 2 rings (SSSR count). The lowest BCUT2D eigenvalue weighted by atomic mass is 10.1. The van der Waals surface area contributed by atoms with Crippen molar-refractivity contribution in [2.24, 2.45) is 0 Å². The van der Waals surface area contributed by atoms with Gasteiger partial charge in [0.15, 0.2) is 6.61 Å². The predicted octanol–water partition coefficient (Wildman–Crippen LogP) is 4.23. The Morgan fingerprint density at radius 3 is 2.68 bits per heavy atom. The molecule has 2 aromatic rings. The van der Waals surface area contributed by atoms with Crippen molar-refractivity contribution in [3.8, 4) is 5.75 Å². The van der Waals surface area contributed by atoms with Gasteiger partial charge in [-0.15, -0.1) is 0 Å². The van der Waals surface area contributed by atoms with E-state index in [1.165, 1.54) is 5.56 Å². The van der Waals surface area contributed by atoms with Crippen molar-refractivity contribution in [1.29, 1.82) is 0 Å². The van der Waals surface area contributed by atoms with Crippen molar-refractivity contribution < 1.29 is 9.53 Å². The van der Waals surface area contributed by atoms with Crippen molar-refractivity contribution in [3.05, 3.63) is 63.6 Å². The van der Waals surface area contributed by atoms with E-state index >= 15 is 0 Å². The van der Waals surface area contributed by atoms with Crippen molar-refractivity contribution in [3.63, 3.8) is 0 Å². The van der Waals surface area contributed by atoms with E-state index in [0.29, 0.717) is 17.3 Å². The quantitative estimate of drug-likeness (QED) is 0.728. The van der Waals surface area contributed by atoms with Gasteiger partial charge in [-0.05, 0) is 52.5 Å². The molecule has 0 aromatic heterocycles. The van der Waals surface area contributed by atoms with Crippen LogP contribution in [0.2, 0.25) is 5.02 Å². The van der Waals surface area contributed by atoms with Crippen LogP contribution in [-0.4, -0.2) is 19.1 Å². The topological polar surface area (TPSA) is 38.3 Å². The number of ether oxygens (including phenoxy) is 1. The molecule has 0 saturated heterocycles. The number of hydrogen-bond donors (Lipinski definition) is 1. The minimum absolute atomic E-state index is 0.00836. The van der Waals surface area contributed by atoms with Crippen molar-refractivity contribution in [2.75, 3.05) is 13.2 Å². The van der Waals surface area contributed by atoms with E-state index in [4.69, 9.17) is 16.3 Å². The fraction of sp³-hybridized carbons (Fsp3) is 0.235. The Morgan fingerprint density at radius 2 is 1.95 bits per heavy atom. The average molecular weight is 383 g/mol. The van der Waals surface area contributed by atoms with Crippen LogP contribution in [0.3, 0.4) is 0 Å². The predicted molar refractivity (Wildman–Crippen MR) is 92.4 cm³/mol. The van der Waals surface area contributed by atoms with E-state index in [-0.39, 0.29) is 12.5 Å². The summed E-state index contributed by atoms with van der Waals surface area (Å²) < 4.78 is 6.18. The Bertz CT molecular complexity index is 619. The standard InChI is InChI=1S/C17H17BrClNO2/c18-15-11-14(19)8-9-16(15)22-12-17(21)20-10-4-7-13-5-2-1-3-6-13/h1-3,5-6,8-9,11H,4,7,10,12H2,(H,20,21). The number of benzene rings is 2. The molecule has 116 valence electrons. The van der Waals surface area contributed by atoms with E-state index in [1.807, 2.05) is 18.2 Å².